The van der Waals surface area contributed by atoms with Crippen LogP contribution >= 0.6 is 0 Å². The lowest BCUT2D eigenvalue weighted by molar-refractivity contribution is 0.0946. The Morgan fingerprint density at radius 2 is 1.76 bits per heavy atom. The molecule has 2 aromatic carbocycles. The maximum atomic E-state index is 12.2. The first-order chi connectivity index (χ1) is 10.2. The second kappa shape index (κ2) is 7.09. The van der Waals surface area contributed by atoms with Gasteiger partial charge in [0.2, 0.25) is 0 Å². The number of nitrogens with zero attached hydrogens (tertiary/aromatic N) is 1. The van der Waals surface area contributed by atoms with Gasteiger partial charge in [0.05, 0.1) is 5.56 Å². The predicted molar refractivity (Wildman–Crippen MR) is 85.7 cm³/mol. The summed E-state index contributed by atoms with van der Waals surface area (Å²) in [5.41, 5.74) is 0.327. The number of nitrogens with one attached hydrogen (secondary N) is 1. The zero-order chi connectivity index (χ0) is 15.2. The zero-order valence-electron chi connectivity index (χ0n) is 12.6. The molecule has 0 unspecified atom stereocenters. The van der Waals surface area contributed by atoms with Crippen LogP contribution in [0, 0.1) is 0 Å². The minimum atomic E-state index is -0.231. The van der Waals surface area contributed by atoms with E-state index in [4.69, 9.17) is 0 Å². The lowest BCUT2D eigenvalue weighted by atomic mass is 10.1. The number of hydrogen-bond donors (Lipinski definition) is 2. The van der Waals surface area contributed by atoms with Gasteiger partial charge in [0, 0.05) is 13.1 Å². The summed E-state index contributed by atoms with van der Waals surface area (Å²) in [4.78, 5) is 14.4. The monoisotopic (exact) mass is 286 g/mol. The fraction of sp³-hybridized carbons (Fsp3) is 0.353. The van der Waals surface area contributed by atoms with Crippen LogP contribution in [0.3, 0.4) is 0 Å². The van der Waals surface area contributed by atoms with E-state index in [1.54, 1.807) is 12.1 Å². The van der Waals surface area contributed by atoms with Crippen LogP contribution in [0.25, 0.3) is 10.8 Å². The summed E-state index contributed by atoms with van der Waals surface area (Å²) in [6.07, 6.45) is 0. The van der Waals surface area contributed by atoms with Crippen molar-refractivity contribution in [1.29, 1.82) is 0 Å². The van der Waals surface area contributed by atoms with Crippen molar-refractivity contribution >= 4 is 16.7 Å². The molecule has 4 heteroatoms. The Morgan fingerprint density at radius 3 is 2.38 bits per heavy atom. The zero-order valence-corrected chi connectivity index (χ0v) is 12.6. The second-order valence-electron chi connectivity index (χ2n) is 5.00. The molecule has 0 aromatic heterocycles. The highest BCUT2D eigenvalue weighted by Crippen LogP contribution is 2.24. The van der Waals surface area contributed by atoms with Gasteiger partial charge in [0.25, 0.3) is 5.91 Å². The number of carbonyl (C=O) groups is 1. The number of hydrogen-bond acceptors (Lipinski definition) is 3. The largest absolute Gasteiger partial charge is 0.507 e. The molecule has 0 bridgehead atoms. The van der Waals surface area contributed by atoms with E-state index in [1.165, 1.54) is 0 Å². The van der Waals surface area contributed by atoms with Crippen LogP contribution in [0.2, 0.25) is 0 Å². The number of likely N-dealkylation sites (N-methyl/N-ethyl adjacent to an activating group) is 1. The number of aromatic hydroxyl groups is 1. The summed E-state index contributed by atoms with van der Waals surface area (Å²) in [7, 11) is 0. The van der Waals surface area contributed by atoms with E-state index >= 15 is 0 Å². The normalized spacial score (nSPS) is 11.0. The summed E-state index contributed by atoms with van der Waals surface area (Å²) in [5.74, 6) is -0.209. The number of phenols is 1. The van der Waals surface area contributed by atoms with Crippen molar-refractivity contribution in [2.75, 3.05) is 26.2 Å². The molecule has 2 N–H and O–H groups in total. The Kier molecular flexibility index (Phi) is 5.17. The summed E-state index contributed by atoms with van der Waals surface area (Å²) < 4.78 is 0. The number of benzene rings is 2. The Balaban J connectivity index is 2.07. The number of fused-ring (bicyclic) bond motifs is 1. The van der Waals surface area contributed by atoms with Crippen LogP contribution in [-0.4, -0.2) is 42.1 Å². The molecule has 0 heterocycles. The number of rotatable bonds is 6. The minimum absolute atomic E-state index is 0.0223. The third-order valence-electron chi connectivity index (χ3n) is 3.72. The Labute approximate surface area is 125 Å². The van der Waals surface area contributed by atoms with Gasteiger partial charge in [-0.05, 0) is 36.0 Å². The molecule has 21 heavy (non-hydrogen) atoms. The molecule has 0 saturated carbocycles. The first-order valence-electron chi connectivity index (χ1n) is 7.38. The standard InChI is InChI=1S/C17H22N2O2/c1-3-19(4-2)10-9-18-17(21)15-11-13-7-5-6-8-14(13)12-16(15)20/h5-8,11-12,20H,3-4,9-10H2,1-2H3,(H,18,21). The van der Waals surface area contributed by atoms with Gasteiger partial charge in [-0.2, -0.15) is 0 Å². The molecule has 0 aliphatic carbocycles. The van der Waals surface area contributed by atoms with Gasteiger partial charge < -0.3 is 15.3 Å². The number of carbonyl (C=O) groups excluding carboxylic acids is 1. The molecule has 112 valence electrons. The molecule has 0 aliphatic heterocycles. The van der Waals surface area contributed by atoms with Crippen molar-refractivity contribution in [2.45, 2.75) is 13.8 Å². The Morgan fingerprint density at radius 1 is 1.14 bits per heavy atom. The topological polar surface area (TPSA) is 52.6 Å². The van der Waals surface area contributed by atoms with Gasteiger partial charge in [-0.3, -0.25) is 4.79 Å². The van der Waals surface area contributed by atoms with E-state index < -0.39 is 0 Å². The molecule has 2 rings (SSSR count). The first-order valence-corrected chi connectivity index (χ1v) is 7.38. The SMILES string of the molecule is CCN(CC)CCNC(=O)c1cc2ccccc2cc1O. The molecular weight excluding hydrogens is 264 g/mol. The van der Waals surface area contributed by atoms with Crippen LogP contribution in [0.4, 0.5) is 0 Å². The van der Waals surface area contributed by atoms with Crippen LogP contribution in [0.5, 0.6) is 5.75 Å². The second-order valence-corrected chi connectivity index (χ2v) is 5.00. The van der Waals surface area contributed by atoms with E-state index in [9.17, 15) is 9.90 Å². The van der Waals surface area contributed by atoms with Crippen molar-refractivity contribution in [3.63, 3.8) is 0 Å². The minimum Gasteiger partial charge on any atom is -0.507 e. The van der Waals surface area contributed by atoms with E-state index in [-0.39, 0.29) is 11.7 Å². The van der Waals surface area contributed by atoms with Crippen LogP contribution in [-0.2, 0) is 0 Å². The molecule has 2 aromatic rings. The van der Waals surface area contributed by atoms with Crippen molar-refractivity contribution in [3.8, 4) is 5.75 Å². The van der Waals surface area contributed by atoms with Gasteiger partial charge >= 0.3 is 0 Å². The van der Waals surface area contributed by atoms with Gasteiger partial charge in [-0.1, -0.05) is 38.1 Å². The average Bonchev–Trinajstić information content (AvgIpc) is 2.50. The van der Waals surface area contributed by atoms with Crippen LogP contribution in [0.15, 0.2) is 36.4 Å². The fourth-order valence-electron chi connectivity index (χ4n) is 2.37. The third-order valence-corrected chi connectivity index (χ3v) is 3.72. The maximum Gasteiger partial charge on any atom is 0.255 e. The molecule has 0 fully saturated rings. The number of phenolic OH excluding ortho intramolecular Hbond substituents is 1. The highest BCUT2D eigenvalue weighted by molar-refractivity contribution is 6.01. The van der Waals surface area contributed by atoms with Crippen molar-refractivity contribution in [2.24, 2.45) is 0 Å². The highest BCUT2D eigenvalue weighted by atomic mass is 16.3. The van der Waals surface area contributed by atoms with Crippen LogP contribution < -0.4 is 5.32 Å². The molecular formula is C17H22N2O2. The Bertz CT molecular complexity index is 621. The van der Waals surface area contributed by atoms with Gasteiger partial charge in [0.1, 0.15) is 5.75 Å². The Hall–Kier alpha value is -2.07. The van der Waals surface area contributed by atoms with Gasteiger partial charge in [0.15, 0.2) is 0 Å². The average molecular weight is 286 g/mol. The van der Waals surface area contributed by atoms with Gasteiger partial charge in [-0.15, -0.1) is 0 Å². The highest BCUT2D eigenvalue weighted by Gasteiger charge is 2.12. The first kappa shape index (κ1) is 15.3. The molecule has 0 radical (unpaired) electrons. The quantitative estimate of drug-likeness (QED) is 0.858. The third kappa shape index (κ3) is 3.73. The van der Waals surface area contributed by atoms with E-state index in [0.717, 1.165) is 30.4 Å². The fourth-order valence-corrected chi connectivity index (χ4v) is 2.37. The van der Waals surface area contributed by atoms with Crippen molar-refractivity contribution in [3.05, 3.63) is 42.0 Å². The lowest BCUT2D eigenvalue weighted by Gasteiger charge is -2.18. The molecule has 0 spiro atoms. The smallest absolute Gasteiger partial charge is 0.255 e. The number of amides is 1. The molecule has 4 nitrogen and oxygen atoms in total. The predicted octanol–water partition coefficient (Wildman–Crippen LogP) is 2.62. The van der Waals surface area contributed by atoms with E-state index in [0.29, 0.717) is 12.1 Å². The van der Waals surface area contributed by atoms with Crippen molar-refractivity contribution in [1.82, 2.24) is 10.2 Å². The molecule has 0 atom stereocenters. The maximum absolute atomic E-state index is 12.2. The summed E-state index contributed by atoms with van der Waals surface area (Å²) in [6.45, 7) is 7.52. The summed E-state index contributed by atoms with van der Waals surface area (Å²) in [6, 6.07) is 11.0. The van der Waals surface area contributed by atoms with Crippen LogP contribution in [0.1, 0.15) is 24.2 Å². The molecule has 0 aliphatic rings. The van der Waals surface area contributed by atoms with Gasteiger partial charge in [-0.25, -0.2) is 0 Å². The summed E-state index contributed by atoms with van der Waals surface area (Å²) in [5, 5.41) is 14.7. The lowest BCUT2D eigenvalue weighted by Crippen LogP contribution is -2.34. The molecule has 0 saturated heterocycles. The summed E-state index contributed by atoms with van der Waals surface area (Å²) >= 11 is 0. The van der Waals surface area contributed by atoms with E-state index in [1.807, 2.05) is 24.3 Å². The molecule has 1 amide bonds. The van der Waals surface area contributed by atoms with E-state index in [2.05, 4.69) is 24.1 Å². The van der Waals surface area contributed by atoms with Crippen molar-refractivity contribution < 1.29 is 9.90 Å².